The van der Waals surface area contributed by atoms with Gasteiger partial charge in [0.1, 0.15) is 0 Å². The van der Waals surface area contributed by atoms with E-state index in [0.717, 1.165) is 64.4 Å². The first-order valence-corrected chi connectivity index (χ1v) is 21.3. The van der Waals surface area contributed by atoms with Crippen LogP contribution >= 0.6 is 7.05 Å². The SMILES string of the molecule is [CH2-]c1ccccc1.[CH2-]c1ccccc1.[CH3-].[Hf+4].[N-]=P(C12CC3CC(CC(C3)C1)C2)(C12CC3CC(CC(C3)C1)C2)C12CC3CC(CC(C3)C1)C2. The zero-order valence-corrected chi connectivity index (χ0v) is 34.5. The molecule has 0 unspecified atom stereocenters. The van der Waals surface area contributed by atoms with Crippen LogP contribution in [0.5, 0.6) is 0 Å². The van der Waals surface area contributed by atoms with Gasteiger partial charge in [-0.05, 0) is 184 Å². The summed E-state index contributed by atoms with van der Waals surface area (Å²) in [5, 5.41) is 15.5. The third-order valence-electron chi connectivity index (χ3n) is 15.8. The summed E-state index contributed by atoms with van der Waals surface area (Å²) in [6, 6.07) is 19.7. The summed E-state index contributed by atoms with van der Waals surface area (Å²) in [6.07, 6.45) is 27.2. The molecule has 0 aliphatic heterocycles. The van der Waals surface area contributed by atoms with Crippen LogP contribution in [0.25, 0.3) is 5.16 Å². The maximum Gasteiger partial charge on any atom is 4.00 e. The van der Waals surface area contributed by atoms with Crippen molar-refractivity contribution in [2.24, 2.45) is 53.3 Å². The van der Waals surface area contributed by atoms with Crippen molar-refractivity contribution < 1.29 is 25.8 Å². The summed E-state index contributed by atoms with van der Waals surface area (Å²) in [4.78, 5) is 0. The van der Waals surface area contributed by atoms with Gasteiger partial charge in [0.2, 0.25) is 0 Å². The van der Waals surface area contributed by atoms with Crippen molar-refractivity contribution in [2.75, 3.05) is 0 Å². The average molecular weight is 826 g/mol. The Hall–Kier alpha value is -0.720. The second-order valence-corrected chi connectivity index (χ2v) is 23.1. The fourth-order valence-electron chi connectivity index (χ4n) is 15.8. The second kappa shape index (κ2) is 13.4. The molecule has 0 radical (unpaired) electrons. The second-order valence-electron chi connectivity index (χ2n) is 19.0. The molecule has 12 fully saturated rings. The number of rotatable bonds is 3. The molecule has 256 valence electrons. The Kier molecular flexibility index (Phi) is 9.93. The zero-order valence-electron chi connectivity index (χ0n) is 30.0. The van der Waals surface area contributed by atoms with Crippen LogP contribution in [0.4, 0.5) is 0 Å². The van der Waals surface area contributed by atoms with Gasteiger partial charge in [0.25, 0.3) is 0 Å². The van der Waals surface area contributed by atoms with Gasteiger partial charge in [-0.2, -0.15) is 49.2 Å². The first kappa shape index (κ1) is 35.7. The Balaban J connectivity index is 0.000000192. The van der Waals surface area contributed by atoms with Crippen LogP contribution in [0.15, 0.2) is 60.7 Å². The molecule has 0 spiro atoms. The molecule has 12 saturated carbocycles. The number of hydrogen-bond donors (Lipinski definition) is 0. The average Bonchev–Trinajstić information content (AvgIpc) is 3.00. The Morgan fingerprint density at radius 2 is 0.604 bits per heavy atom. The van der Waals surface area contributed by atoms with Gasteiger partial charge in [0.05, 0.1) is 0 Å². The summed E-state index contributed by atoms with van der Waals surface area (Å²) in [5.74, 6) is 8.96. The molecule has 12 bridgehead atoms. The van der Waals surface area contributed by atoms with Crippen LogP contribution in [0.3, 0.4) is 0 Å². The van der Waals surface area contributed by atoms with Crippen molar-refractivity contribution in [3.63, 3.8) is 0 Å². The van der Waals surface area contributed by atoms with E-state index in [0.29, 0.717) is 15.5 Å². The molecular weight excluding hydrogens is 764 g/mol. The van der Waals surface area contributed by atoms with Gasteiger partial charge < -0.3 is 12.6 Å². The van der Waals surface area contributed by atoms with E-state index >= 15 is 0 Å². The molecule has 0 atom stereocenters. The quantitative estimate of drug-likeness (QED) is 0.167. The van der Waals surface area contributed by atoms with E-state index < -0.39 is 7.05 Å². The molecule has 0 aromatic heterocycles. The first-order valence-electron chi connectivity index (χ1n) is 19.6. The summed E-state index contributed by atoms with van der Waals surface area (Å²) < 4.78 is 0. The van der Waals surface area contributed by atoms with E-state index in [-0.39, 0.29) is 33.3 Å². The van der Waals surface area contributed by atoms with Gasteiger partial charge >= 0.3 is 25.8 Å². The molecule has 2 aromatic rings. The summed E-state index contributed by atoms with van der Waals surface area (Å²) >= 11 is 0. The van der Waals surface area contributed by atoms with Crippen LogP contribution < -0.4 is 0 Å². The molecule has 1 nitrogen and oxygen atoms in total. The minimum absolute atomic E-state index is 0. The largest absolute Gasteiger partial charge is 4.00 e. The van der Waals surface area contributed by atoms with Crippen molar-refractivity contribution in [2.45, 2.75) is 131 Å². The van der Waals surface area contributed by atoms with Crippen LogP contribution in [0.1, 0.15) is 127 Å². The van der Waals surface area contributed by atoms with E-state index in [1.54, 1.807) is 57.8 Å². The van der Waals surface area contributed by atoms with Crippen molar-refractivity contribution >= 4 is 7.05 Å². The predicted octanol–water partition coefficient (Wildman–Crippen LogP) is 12.8. The van der Waals surface area contributed by atoms with E-state index in [4.69, 9.17) is 0 Å². The van der Waals surface area contributed by atoms with Crippen LogP contribution in [0.2, 0.25) is 0 Å². The van der Waals surface area contributed by atoms with Crippen LogP contribution in [-0.4, -0.2) is 15.5 Å². The summed E-state index contributed by atoms with van der Waals surface area (Å²) in [7, 11) is -2.07. The van der Waals surface area contributed by atoms with Crippen molar-refractivity contribution in [1.29, 1.82) is 0 Å². The normalized spacial score (nSPS) is 45.8. The standard InChI is InChI=1S/C30H45NP.2C7H7.CH3.Hf/c31-32(28-10-19-1-20(11-28)3-21(2-19)12-28,29-13-22-4-23(14-29)6-24(5-22)15-29)30-16-25-7-26(17-30)9-27(8-25)18-30;2*1-7-5-3-2-4-6-7;;/h19-27H,1-18H2;2*2-6H,1H2;1H3;/q4*-1;+4. The Morgan fingerprint density at radius 1 is 0.417 bits per heavy atom. The molecule has 48 heavy (non-hydrogen) atoms. The maximum atomic E-state index is 14.2. The van der Waals surface area contributed by atoms with Gasteiger partial charge in [0, 0.05) is 0 Å². The molecule has 2 aromatic carbocycles. The molecule has 12 aliphatic carbocycles. The molecule has 0 saturated heterocycles. The van der Waals surface area contributed by atoms with E-state index in [1.165, 1.54) is 57.8 Å². The van der Waals surface area contributed by atoms with Gasteiger partial charge in [-0.3, -0.25) is 0 Å². The summed E-state index contributed by atoms with van der Waals surface area (Å²) in [6.45, 7) is 7.44. The van der Waals surface area contributed by atoms with Crippen molar-refractivity contribution in [1.82, 2.24) is 0 Å². The monoisotopic (exact) mass is 827 g/mol. The van der Waals surface area contributed by atoms with Gasteiger partial charge in [-0.1, -0.05) is 12.1 Å². The zero-order chi connectivity index (χ0) is 31.1. The van der Waals surface area contributed by atoms with E-state index in [2.05, 4.69) is 13.8 Å². The van der Waals surface area contributed by atoms with E-state index in [1.807, 2.05) is 60.7 Å². The number of hydrogen-bond acceptors (Lipinski definition) is 0. The Labute approximate surface area is 313 Å². The fraction of sp³-hybridized carbons (Fsp3) is 0.667. The molecule has 3 heteroatoms. The number of benzene rings is 2. The third-order valence-corrected chi connectivity index (χ3v) is 21.5. The predicted molar refractivity (Wildman–Crippen MR) is 201 cm³/mol. The minimum Gasteiger partial charge on any atom is -0.807 e. The van der Waals surface area contributed by atoms with Gasteiger partial charge in [-0.25, -0.2) is 7.05 Å². The molecule has 0 heterocycles. The van der Waals surface area contributed by atoms with Crippen LogP contribution in [-0.2, 0) is 25.8 Å². The minimum atomic E-state index is -2.07. The summed E-state index contributed by atoms with van der Waals surface area (Å²) in [5.41, 5.74) is 2.14. The van der Waals surface area contributed by atoms with E-state index in [9.17, 15) is 5.16 Å². The Morgan fingerprint density at radius 3 is 0.750 bits per heavy atom. The third kappa shape index (κ3) is 5.84. The van der Waals surface area contributed by atoms with Crippen molar-refractivity contribution in [3.8, 4) is 0 Å². The van der Waals surface area contributed by atoms with Gasteiger partial charge in [-0.15, -0.1) is 24.3 Å². The maximum absolute atomic E-state index is 14.2. The number of nitrogens with zero attached hydrogens (tertiary/aromatic N) is 1. The molecule has 12 aliphatic rings. The van der Waals surface area contributed by atoms with Crippen LogP contribution in [0, 0.1) is 74.5 Å². The molecule has 14 rings (SSSR count). The molecule has 0 N–H and O–H groups in total. The smallest absolute Gasteiger partial charge is 0.807 e. The molecule has 0 amide bonds. The fourth-order valence-corrected chi connectivity index (χ4v) is 23.6. The van der Waals surface area contributed by atoms with Gasteiger partial charge in [0.15, 0.2) is 0 Å². The van der Waals surface area contributed by atoms with Crippen molar-refractivity contribution in [3.05, 3.63) is 98.2 Å². The topological polar surface area (TPSA) is 22.3 Å². The first-order chi connectivity index (χ1) is 22.2. The molecular formula is C45H62HfNP. The Bertz CT molecular complexity index is 1190.